The standard InChI is InChI=1S/C16H13NO2S/c18-13(10-12-6-2-1-3-7-12)11-20-16-17-14-8-4-5-9-15(14)19-16/h1-9H,10-11H2. The van der Waals surface area contributed by atoms with Crippen molar-refractivity contribution < 1.29 is 9.21 Å². The summed E-state index contributed by atoms with van der Waals surface area (Å²) in [6, 6.07) is 17.3. The number of rotatable bonds is 5. The van der Waals surface area contributed by atoms with Crippen LogP contribution in [0.2, 0.25) is 0 Å². The van der Waals surface area contributed by atoms with Crippen LogP contribution in [-0.2, 0) is 11.2 Å². The van der Waals surface area contributed by atoms with Crippen molar-refractivity contribution in [1.29, 1.82) is 0 Å². The van der Waals surface area contributed by atoms with Gasteiger partial charge in [-0.3, -0.25) is 4.79 Å². The highest BCUT2D eigenvalue weighted by atomic mass is 32.2. The van der Waals surface area contributed by atoms with E-state index in [0.29, 0.717) is 17.4 Å². The molecule has 0 bridgehead atoms. The van der Waals surface area contributed by atoms with Crippen LogP contribution in [0.1, 0.15) is 5.56 Å². The minimum absolute atomic E-state index is 0.170. The van der Waals surface area contributed by atoms with Crippen LogP contribution in [0.15, 0.2) is 64.2 Å². The summed E-state index contributed by atoms with van der Waals surface area (Å²) in [6.07, 6.45) is 0.452. The minimum atomic E-state index is 0.170. The Hall–Kier alpha value is -2.07. The van der Waals surface area contributed by atoms with Gasteiger partial charge >= 0.3 is 0 Å². The average molecular weight is 283 g/mol. The van der Waals surface area contributed by atoms with Gasteiger partial charge in [-0.25, -0.2) is 4.98 Å². The Morgan fingerprint density at radius 3 is 2.60 bits per heavy atom. The maximum atomic E-state index is 11.9. The van der Waals surface area contributed by atoms with Gasteiger partial charge in [-0.1, -0.05) is 54.2 Å². The molecule has 0 aliphatic heterocycles. The first-order chi connectivity index (χ1) is 9.81. The number of hydrogen-bond donors (Lipinski definition) is 0. The Bertz CT molecular complexity index is 688. The van der Waals surface area contributed by atoms with E-state index in [1.165, 1.54) is 11.8 Å². The van der Waals surface area contributed by atoms with E-state index in [4.69, 9.17) is 4.42 Å². The second kappa shape index (κ2) is 5.92. The molecule has 0 atom stereocenters. The Kier molecular flexibility index (Phi) is 3.83. The number of aromatic nitrogens is 1. The van der Waals surface area contributed by atoms with Crippen LogP contribution in [0.5, 0.6) is 0 Å². The van der Waals surface area contributed by atoms with Gasteiger partial charge in [0.1, 0.15) is 11.3 Å². The molecular weight excluding hydrogens is 270 g/mol. The monoisotopic (exact) mass is 283 g/mol. The number of fused-ring (bicyclic) bond motifs is 1. The fraction of sp³-hybridized carbons (Fsp3) is 0.125. The molecule has 0 unspecified atom stereocenters. The van der Waals surface area contributed by atoms with Gasteiger partial charge in [0, 0.05) is 6.42 Å². The number of Topliss-reactive ketones (excluding diaryl/α,β-unsaturated/α-hetero) is 1. The van der Waals surface area contributed by atoms with E-state index in [1.54, 1.807) is 0 Å². The maximum absolute atomic E-state index is 11.9. The quantitative estimate of drug-likeness (QED) is 0.669. The van der Waals surface area contributed by atoms with Crippen LogP contribution in [-0.4, -0.2) is 16.5 Å². The van der Waals surface area contributed by atoms with Crippen LogP contribution in [0, 0.1) is 0 Å². The van der Waals surface area contributed by atoms with Crippen molar-refractivity contribution >= 4 is 28.6 Å². The number of hydrogen-bond acceptors (Lipinski definition) is 4. The normalized spacial score (nSPS) is 10.8. The molecule has 0 saturated carbocycles. The van der Waals surface area contributed by atoms with Crippen LogP contribution in [0.3, 0.4) is 0 Å². The van der Waals surface area contributed by atoms with Crippen LogP contribution < -0.4 is 0 Å². The molecule has 1 aromatic heterocycles. The summed E-state index contributed by atoms with van der Waals surface area (Å²) in [6.45, 7) is 0. The molecule has 4 heteroatoms. The third-order valence-electron chi connectivity index (χ3n) is 2.88. The van der Waals surface area contributed by atoms with Gasteiger partial charge in [0.25, 0.3) is 5.22 Å². The van der Waals surface area contributed by atoms with E-state index >= 15 is 0 Å². The molecule has 0 N–H and O–H groups in total. The van der Waals surface area contributed by atoms with Gasteiger partial charge in [0.15, 0.2) is 5.58 Å². The molecule has 0 radical (unpaired) electrons. The number of benzene rings is 2. The summed E-state index contributed by atoms with van der Waals surface area (Å²) < 4.78 is 5.57. The van der Waals surface area contributed by atoms with Gasteiger partial charge in [-0.15, -0.1) is 0 Å². The molecule has 0 aliphatic rings. The first-order valence-corrected chi connectivity index (χ1v) is 7.34. The zero-order chi connectivity index (χ0) is 13.8. The smallest absolute Gasteiger partial charge is 0.257 e. The topological polar surface area (TPSA) is 43.1 Å². The van der Waals surface area contributed by atoms with Crippen molar-refractivity contribution in [2.45, 2.75) is 11.6 Å². The molecule has 0 spiro atoms. The molecule has 3 nitrogen and oxygen atoms in total. The molecule has 0 fully saturated rings. The molecule has 20 heavy (non-hydrogen) atoms. The van der Waals surface area contributed by atoms with Crippen LogP contribution in [0.25, 0.3) is 11.1 Å². The molecule has 3 rings (SSSR count). The largest absolute Gasteiger partial charge is 0.431 e. The highest BCUT2D eigenvalue weighted by molar-refractivity contribution is 7.99. The van der Waals surface area contributed by atoms with E-state index in [0.717, 1.165) is 16.7 Å². The third kappa shape index (κ3) is 3.08. The Morgan fingerprint density at radius 2 is 1.80 bits per heavy atom. The maximum Gasteiger partial charge on any atom is 0.257 e. The summed E-state index contributed by atoms with van der Waals surface area (Å²) in [5.74, 6) is 0.547. The number of thioether (sulfide) groups is 1. The molecule has 1 heterocycles. The number of para-hydroxylation sites is 2. The van der Waals surface area contributed by atoms with Crippen molar-refractivity contribution in [2.24, 2.45) is 0 Å². The van der Waals surface area contributed by atoms with E-state index in [-0.39, 0.29) is 5.78 Å². The van der Waals surface area contributed by atoms with Crippen LogP contribution in [0.4, 0.5) is 0 Å². The fourth-order valence-corrected chi connectivity index (χ4v) is 2.63. The molecule has 0 amide bonds. The zero-order valence-electron chi connectivity index (χ0n) is 10.8. The lowest BCUT2D eigenvalue weighted by molar-refractivity contribution is -0.116. The van der Waals surface area contributed by atoms with Crippen molar-refractivity contribution in [3.63, 3.8) is 0 Å². The zero-order valence-corrected chi connectivity index (χ0v) is 11.6. The number of carbonyl (C=O) groups is 1. The van der Waals surface area contributed by atoms with Crippen molar-refractivity contribution in [3.05, 3.63) is 60.2 Å². The SMILES string of the molecule is O=C(CSc1nc2ccccc2o1)Cc1ccccc1. The van der Waals surface area contributed by atoms with Crippen molar-refractivity contribution in [3.8, 4) is 0 Å². The highest BCUT2D eigenvalue weighted by Crippen LogP contribution is 2.23. The molecular formula is C16H13NO2S. The molecule has 0 aliphatic carbocycles. The summed E-state index contributed by atoms with van der Waals surface area (Å²) in [4.78, 5) is 16.2. The van der Waals surface area contributed by atoms with E-state index in [2.05, 4.69) is 4.98 Å². The van der Waals surface area contributed by atoms with Gasteiger partial charge < -0.3 is 4.42 Å². The lowest BCUT2D eigenvalue weighted by Crippen LogP contribution is -2.05. The summed E-state index contributed by atoms with van der Waals surface area (Å²) in [7, 11) is 0. The Labute approximate surface area is 121 Å². The molecule has 0 saturated heterocycles. The lowest BCUT2D eigenvalue weighted by Gasteiger charge is -1.99. The Balaban J connectivity index is 1.60. The lowest BCUT2D eigenvalue weighted by atomic mass is 10.1. The van der Waals surface area contributed by atoms with Gasteiger partial charge in [0.2, 0.25) is 0 Å². The first-order valence-electron chi connectivity index (χ1n) is 6.35. The minimum Gasteiger partial charge on any atom is -0.431 e. The fourth-order valence-electron chi connectivity index (χ4n) is 1.93. The van der Waals surface area contributed by atoms with Gasteiger partial charge in [-0.2, -0.15) is 0 Å². The second-order valence-corrected chi connectivity index (χ2v) is 5.36. The van der Waals surface area contributed by atoms with Crippen molar-refractivity contribution in [2.75, 3.05) is 5.75 Å². The highest BCUT2D eigenvalue weighted by Gasteiger charge is 2.09. The average Bonchev–Trinajstić information content (AvgIpc) is 2.89. The summed E-state index contributed by atoms with van der Waals surface area (Å²) in [5.41, 5.74) is 2.62. The molecule has 3 aromatic rings. The number of ketones is 1. The van der Waals surface area contributed by atoms with Crippen LogP contribution >= 0.6 is 11.8 Å². The number of carbonyl (C=O) groups excluding carboxylic acids is 1. The predicted octanol–water partition coefficient (Wildman–Crippen LogP) is 3.73. The van der Waals surface area contributed by atoms with Gasteiger partial charge in [-0.05, 0) is 17.7 Å². The summed E-state index contributed by atoms with van der Waals surface area (Å²) >= 11 is 1.35. The number of nitrogens with zero attached hydrogens (tertiary/aromatic N) is 1. The van der Waals surface area contributed by atoms with Gasteiger partial charge in [0.05, 0.1) is 5.75 Å². The van der Waals surface area contributed by atoms with E-state index < -0.39 is 0 Å². The first kappa shape index (κ1) is 12.9. The van der Waals surface area contributed by atoms with E-state index in [9.17, 15) is 4.79 Å². The summed E-state index contributed by atoms with van der Waals surface area (Å²) in [5, 5.41) is 0.549. The van der Waals surface area contributed by atoms with E-state index in [1.807, 2.05) is 54.6 Å². The second-order valence-electron chi connectivity index (χ2n) is 4.44. The molecule has 2 aromatic carbocycles. The third-order valence-corrected chi connectivity index (χ3v) is 3.76. The number of oxazole rings is 1. The van der Waals surface area contributed by atoms with Crippen molar-refractivity contribution in [1.82, 2.24) is 4.98 Å². The predicted molar refractivity (Wildman–Crippen MR) is 79.9 cm³/mol. The molecule has 100 valence electrons. The Morgan fingerprint density at radius 1 is 1.05 bits per heavy atom.